The minimum atomic E-state index is -0.785. The molecular weight excluding hydrogens is 190 g/mol. The highest BCUT2D eigenvalue weighted by Gasteiger charge is 2.15. The van der Waals surface area contributed by atoms with Gasteiger partial charge in [-0.1, -0.05) is 38.0 Å². The van der Waals surface area contributed by atoms with E-state index in [1.165, 1.54) is 0 Å². The van der Waals surface area contributed by atoms with Gasteiger partial charge in [-0.05, 0) is 18.6 Å². The molecule has 1 atom stereocenters. The van der Waals surface area contributed by atoms with E-state index in [0.717, 1.165) is 18.5 Å². The summed E-state index contributed by atoms with van der Waals surface area (Å²) < 4.78 is 0. The molecule has 0 radical (unpaired) electrons. The van der Waals surface area contributed by atoms with Gasteiger partial charge in [-0.15, -0.1) is 0 Å². The summed E-state index contributed by atoms with van der Waals surface area (Å²) in [6.45, 7) is 2.06. The molecule has 0 aliphatic rings. The number of rotatable bonds is 6. The lowest BCUT2D eigenvalue weighted by molar-refractivity contribution is -0.138. The van der Waals surface area contributed by atoms with Gasteiger partial charge in [0.1, 0.15) is 6.04 Å². The molecule has 3 heteroatoms. The van der Waals surface area contributed by atoms with Crippen LogP contribution < -0.4 is 5.32 Å². The van der Waals surface area contributed by atoms with Crippen molar-refractivity contribution in [2.75, 3.05) is 5.32 Å². The fourth-order valence-electron chi connectivity index (χ4n) is 1.40. The van der Waals surface area contributed by atoms with E-state index in [9.17, 15) is 4.79 Å². The van der Waals surface area contributed by atoms with Gasteiger partial charge >= 0.3 is 5.97 Å². The van der Waals surface area contributed by atoms with Crippen molar-refractivity contribution < 1.29 is 9.90 Å². The SMILES string of the molecule is CCCCC(Nc1ccccc1)C(=O)O. The van der Waals surface area contributed by atoms with E-state index >= 15 is 0 Å². The molecule has 15 heavy (non-hydrogen) atoms. The molecule has 0 bridgehead atoms. The Morgan fingerprint density at radius 1 is 1.40 bits per heavy atom. The summed E-state index contributed by atoms with van der Waals surface area (Å²) in [6.07, 6.45) is 2.61. The Hall–Kier alpha value is -1.51. The van der Waals surface area contributed by atoms with Gasteiger partial charge in [0.2, 0.25) is 0 Å². The zero-order chi connectivity index (χ0) is 11.1. The number of benzene rings is 1. The average Bonchev–Trinajstić information content (AvgIpc) is 2.25. The first-order valence-electron chi connectivity index (χ1n) is 5.28. The molecule has 82 valence electrons. The Morgan fingerprint density at radius 2 is 2.07 bits per heavy atom. The Balaban J connectivity index is 2.55. The minimum Gasteiger partial charge on any atom is -0.480 e. The molecule has 1 aromatic carbocycles. The maximum absolute atomic E-state index is 10.9. The molecule has 2 N–H and O–H groups in total. The molecule has 0 saturated carbocycles. The first-order chi connectivity index (χ1) is 7.24. The molecule has 0 saturated heterocycles. The predicted molar refractivity (Wildman–Crippen MR) is 61.0 cm³/mol. The van der Waals surface area contributed by atoms with Gasteiger partial charge in [0.05, 0.1) is 0 Å². The Bertz CT molecular complexity index is 298. The fourth-order valence-corrected chi connectivity index (χ4v) is 1.40. The van der Waals surface area contributed by atoms with Crippen molar-refractivity contribution in [2.45, 2.75) is 32.2 Å². The maximum Gasteiger partial charge on any atom is 0.326 e. The van der Waals surface area contributed by atoms with Crippen molar-refractivity contribution in [2.24, 2.45) is 0 Å². The van der Waals surface area contributed by atoms with Crippen molar-refractivity contribution in [3.05, 3.63) is 30.3 Å². The van der Waals surface area contributed by atoms with Gasteiger partial charge in [0.25, 0.3) is 0 Å². The number of hydrogen-bond donors (Lipinski definition) is 2. The van der Waals surface area contributed by atoms with E-state index in [2.05, 4.69) is 12.2 Å². The molecule has 0 aliphatic heterocycles. The van der Waals surface area contributed by atoms with Crippen molar-refractivity contribution in [1.29, 1.82) is 0 Å². The lowest BCUT2D eigenvalue weighted by atomic mass is 10.1. The van der Waals surface area contributed by atoms with Crippen LogP contribution in [-0.2, 0) is 4.79 Å². The molecule has 1 aromatic rings. The van der Waals surface area contributed by atoms with Crippen molar-refractivity contribution >= 4 is 11.7 Å². The molecule has 0 spiro atoms. The van der Waals surface area contributed by atoms with E-state index in [1.54, 1.807) is 0 Å². The Labute approximate surface area is 90.1 Å². The van der Waals surface area contributed by atoms with Crippen LogP contribution in [-0.4, -0.2) is 17.1 Å². The average molecular weight is 207 g/mol. The summed E-state index contributed by atoms with van der Waals surface area (Å²) in [5.41, 5.74) is 0.862. The predicted octanol–water partition coefficient (Wildman–Crippen LogP) is 2.74. The Kier molecular flexibility index (Phi) is 4.68. The van der Waals surface area contributed by atoms with Crippen molar-refractivity contribution in [3.8, 4) is 0 Å². The second-order valence-electron chi connectivity index (χ2n) is 3.54. The molecular formula is C12H17NO2. The highest BCUT2D eigenvalue weighted by Crippen LogP contribution is 2.11. The molecule has 0 fully saturated rings. The van der Waals surface area contributed by atoms with Crippen LogP contribution in [0.15, 0.2) is 30.3 Å². The Morgan fingerprint density at radius 3 is 2.60 bits per heavy atom. The first-order valence-corrected chi connectivity index (χ1v) is 5.28. The van der Waals surface area contributed by atoms with Crippen LogP contribution in [0.4, 0.5) is 5.69 Å². The lowest BCUT2D eigenvalue weighted by Crippen LogP contribution is -2.29. The summed E-state index contributed by atoms with van der Waals surface area (Å²) >= 11 is 0. The summed E-state index contributed by atoms with van der Waals surface area (Å²) in [4.78, 5) is 10.9. The van der Waals surface area contributed by atoms with Gasteiger partial charge in [-0.2, -0.15) is 0 Å². The number of carboxylic acids is 1. The van der Waals surface area contributed by atoms with Gasteiger partial charge in [-0.25, -0.2) is 4.79 Å². The van der Waals surface area contributed by atoms with Gasteiger partial charge in [0.15, 0.2) is 0 Å². The molecule has 3 nitrogen and oxygen atoms in total. The quantitative estimate of drug-likeness (QED) is 0.754. The fraction of sp³-hybridized carbons (Fsp3) is 0.417. The zero-order valence-electron chi connectivity index (χ0n) is 8.94. The molecule has 0 amide bonds. The van der Waals surface area contributed by atoms with E-state index in [4.69, 9.17) is 5.11 Å². The number of nitrogens with one attached hydrogen (secondary N) is 1. The number of hydrogen-bond acceptors (Lipinski definition) is 2. The van der Waals surface area contributed by atoms with Gasteiger partial charge in [-0.3, -0.25) is 0 Å². The number of carbonyl (C=O) groups is 1. The molecule has 1 rings (SSSR count). The summed E-state index contributed by atoms with van der Waals surface area (Å²) in [5, 5.41) is 12.0. The zero-order valence-corrected chi connectivity index (χ0v) is 8.94. The normalized spacial score (nSPS) is 12.1. The van der Waals surface area contributed by atoms with Crippen LogP contribution in [0, 0.1) is 0 Å². The second kappa shape index (κ2) is 6.06. The van der Waals surface area contributed by atoms with Crippen LogP contribution in [0.5, 0.6) is 0 Å². The lowest BCUT2D eigenvalue weighted by Gasteiger charge is -2.15. The second-order valence-corrected chi connectivity index (χ2v) is 3.54. The largest absolute Gasteiger partial charge is 0.480 e. The monoisotopic (exact) mass is 207 g/mol. The van der Waals surface area contributed by atoms with Crippen LogP contribution in [0.1, 0.15) is 26.2 Å². The van der Waals surface area contributed by atoms with E-state index in [-0.39, 0.29) is 0 Å². The maximum atomic E-state index is 10.9. The number of carboxylic acid groups (broad SMARTS) is 1. The van der Waals surface area contributed by atoms with Crippen molar-refractivity contribution in [1.82, 2.24) is 0 Å². The summed E-state index contributed by atoms with van der Waals surface area (Å²) in [5.74, 6) is -0.785. The number of aliphatic carboxylic acids is 1. The van der Waals surface area contributed by atoms with Crippen LogP contribution >= 0.6 is 0 Å². The number of anilines is 1. The van der Waals surface area contributed by atoms with Crippen molar-refractivity contribution in [3.63, 3.8) is 0 Å². The van der Waals surface area contributed by atoms with Crippen LogP contribution in [0.25, 0.3) is 0 Å². The number of unbranched alkanes of at least 4 members (excludes halogenated alkanes) is 1. The standard InChI is InChI=1S/C12H17NO2/c1-2-3-9-11(12(14)15)13-10-7-5-4-6-8-10/h4-8,11,13H,2-3,9H2,1H3,(H,14,15). The molecule has 0 heterocycles. The highest BCUT2D eigenvalue weighted by atomic mass is 16.4. The molecule has 0 aromatic heterocycles. The first kappa shape index (κ1) is 11.6. The smallest absolute Gasteiger partial charge is 0.326 e. The number of para-hydroxylation sites is 1. The molecule has 0 aliphatic carbocycles. The van der Waals surface area contributed by atoms with E-state index in [0.29, 0.717) is 6.42 Å². The van der Waals surface area contributed by atoms with Crippen LogP contribution in [0.2, 0.25) is 0 Å². The topological polar surface area (TPSA) is 49.3 Å². The van der Waals surface area contributed by atoms with E-state index < -0.39 is 12.0 Å². The summed E-state index contributed by atoms with van der Waals surface area (Å²) in [6, 6.07) is 8.96. The highest BCUT2D eigenvalue weighted by molar-refractivity contribution is 5.77. The third kappa shape index (κ3) is 4.02. The van der Waals surface area contributed by atoms with E-state index in [1.807, 2.05) is 30.3 Å². The van der Waals surface area contributed by atoms with Gasteiger partial charge in [0, 0.05) is 5.69 Å². The molecule has 1 unspecified atom stereocenters. The van der Waals surface area contributed by atoms with Crippen LogP contribution in [0.3, 0.4) is 0 Å². The summed E-state index contributed by atoms with van der Waals surface area (Å²) in [7, 11) is 0. The van der Waals surface area contributed by atoms with Gasteiger partial charge < -0.3 is 10.4 Å². The third-order valence-corrected chi connectivity index (χ3v) is 2.26. The third-order valence-electron chi connectivity index (χ3n) is 2.26. The minimum absolute atomic E-state index is 0.479.